The van der Waals surface area contributed by atoms with E-state index < -0.39 is 5.97 Å². The smallest absolute Gasteiger partial charge is 0.309 e. The van der Waals surface area contributed by atoms with Gasteiger partial charge in [0.1, 0.15) is 5.01 Å². The number of nitrogens with zero attached hydrogens (tertiary/aromatic N) is 1. The fourth-order valence-corrected chi connectivity index (χ4v) is 1.31. The van der Waals surface area contributed by atoms with Crippen molar-refractivity contribution in [1.82, 2.24) is 4.98 Å². The number of hydrogen-bond donors (Lipinski definition) is 2. The maximum absolute atomic E-state index is 10.2. The lowest BCUT2D eigenvalue weighted by Gasteiger charge is -1.86. The normalized spacial score (nSPS) is 9.91. The third kappa shape index (κ3) is 2.28. The number of rotatable bonds is 3. The number of aliphatic carboxylic acids is 1. The lowest BCUT2D eigenvalue weighted by atomic mass is 10.3. The van der Waals surface area contributed by atoms with Gasteiger partial charge in [-0.3, -0.25) is 4.79 Å². The van der Waals surface area contributed by atoms with E-state index in [1.807, 2.05) is 0 Å². The fraction of sp³-hybridized carbons (Fsp3) is 0.333. The minimum Gasteiger partial charge on any atom is -0.481 e. The summed E-state index contributed by atoms with van der Waals surface area (Å²) in [4.78, 5) is 14.0. The molecule has 0 amide bonds. The zero-order valence-electron chi connectivity index (χ0n) is 5.65. The number of carboxylic acids is 1. The second-order valence-corrected chi connectivity index (χ2v) is 2.90. The van der Waals surface area contributed by atoms with E-state index in [0.29, 0.717) is 10.7 Å². The Hall–Kier alpha value is -0.940. The molecule has 0 saturated carbocycles. The largest absolute Gasteiger partial charge is 0.481 e. The predicted octanol–water partition coefficient (Wildman–Crippen LogP) is 0.263. The van der Waals surface area contributed by atoms with E-state index in [-0.39, 0.29) is 13.0 Å². The first-order chi connectivity index (χ1) is 5.22. The Bertz CT molecular complexity index is 258. The van der Waals surface area contributed by atoms with E-state index in [9.17, 15) is 4.79 Å². The third-order valence-electron chi connectivity index (χ3n) is 1.07. The molecule has 1 aromatic heterocycles. The molecule has 0 spiro atoms. The molecule has 0 aliphatic heterocycles. The second-order valence-electron chi connectivity index (χ2n) is 1.96. The van der Waals surface area contributed by atoms with E-state index in [0.717, 1.165) is 0 Å². The molecule has 60 valence electrons. The van der Waals surface area contributed by atoms with Gasteiger partial charge in [-0.1, -0.05) is 0 Å². The molecule has 1 heterocycles. The van der Waals surface area contributed by atoms with Gasteiger partial charge in [-0.05, 0) is 0 Å². The Labute approximate surface area is 67.1 Å². The van der Waals surface area contributed by atoms with Crippen molar-refractivity contribution in [2.75, 3.05) is 0 Å². The zero-order chi connectivity index (χ0) is 8.27. The highest BCUT2D eigenvalue weighted by Crippen LogP contribution is 2.09. The Kier molecular flexibility index (Phi) is 2.56. The van der Waals surface area contributed by atoms with Gasteiger partial charge in [0.15, 0.2) is 0 Å². The van der Waals surface area contributed by atoms with E-state index >= 15 is 0 Å². The van der Waals surface area contributed by atoms with Crippen molar-refractivity contribution >= 4 is 17.3 Å². The van der Waals surface area contributed by atoms with Crippen LogP contribution >= 0.6 is 11.3 Å². The molecule has 0 saturated heterocycles. The van der Waals surface area contributed by atoms with Gasteiger partial charge in [-0.25, -0.2) is 4.98 Å². The summed E-state index contributed by atoms with van der Waals surface area (Å²) in [7, 11) is 0. The fourth-order valence-electron chi connectivity index (χ4n) is 0.658. The number of carbonyl (C=O) groups is 1. The Balaban J connectivity index is 2.65. The Morgan fingerprint density at radius 1 is 1.73 bits per heavy atom. The average molecular weight is 173 g/mol. The van der Waals surface area contributed by atoms with Crippen molar-refractivity contribution in [3.05, 3.63) is 16.1 Å². The minimum absolute atomic E-state index is 0.0729. The lowest BCUT2D eigenvalue weighted by Crippen LogP contribution is -2.00. The van der Waals surface area contributed by atoms with Gasteiger partial charge in [0.25, 0.3) is 0 Å². The van der Waals surface area contributed by atoms with Crippen LogP contribution in [0.25, 0.3) is 0 Å². The first-order valence-electron chi connectivity index (χ1n) is 2.98. The number of thiazole rings is 1. The molecule has 0 unspecified atom stereocenters. The molecule has 2 N–H and O–H groups in total. The minimum atomic E-state index is -0.903. The number of aromatic nitrogens is 1. The highest BCUT2D eigenvalue weighted by Gasteiger charge is 2.04. The van der Waals surface area contributed by atoms with Crippen molar-refractivity contribution in [3.63, 3.8) is 0 Å². The van der Waals surface area contributed by atoms with Crippen molar-refractivity contribution in [2.45, 2.75) is 13.0 Å². The molecule has 0 aliphatic carbocycles. The molecule has 1 aromatic rings. The summed E-state index contributed by atoms with van der Waals surface area (Å²) in [6, 6.07) is 0. The van der Waals surface area contributed by atoms with Crippen LogP contribution in [0.5, 0.6) is 0 Å². The molecule has 1 rings (SSSR count). The van der Waals surface area contributed by atoms with Gasteiger partial charge in [0, 0.05) is 5.38 Å². The summed E-state index contributed by atoms with van der Waals surface area (Å²) in [6.07, 6.45) is -0.0729. The number of carboxylic acid groups (broad SMARTS) is 1. The number of hydrogen-bond acceptors (Lipinski definition) is 4. The quantitative estimate of drug-likeness (QED) is 0.688. The summed E-state index contributed by atoms with van der Waals surface area (Å²) < 4.78 is 0. The summed E-state index contributed by atoms with van der Waals surface area (Å²) in [5.74, 6) is -0.903. The van der Waals surface area contributed by atoms with Crippen LogP contribution in [0, 0.1) is 0 Å². The van der Waals surface area contributed by atoms with Crippen molar-refractivity contribution < 1.29 is 15.0 Å². The van der Waals surface area contributed by atoms with E-state index in [1.165, 1.54) is 11.3 Å². The molecular formula is C6H7NO3S. The average Bonchev–Trinajstić information content (AvgIpc) is 2.34. The van der Waals surface area contributed by atoms with Crippen molar-refractivity contribution in [1.29, 1.82) is 0 Å². The second kappa shape index (κ2) is 3.45. The molecule has 0 fully saturated rings. The number of aliphatic hydroxyl groups excluding tert-OH is 1. The predicted molar refractivity (Wildman–Crippen MR) is 39.4 cm³/mol. The molecule has 0 bridgehead atoms. The van der Waals surface area contributed by atoms with Crippen LogP contribution in [0.1, 0.15) is 10.7 Å². The summed E-state index contributed by atoms with van der Waals surface area (Å²) in [5.41, 5.74) is 0.506. The van der Waals surface area contributed by atoms with E-state index in [1.54, 1.807) is 5.38 Å². The topological polar surface area (TPSA) is 70.4 Å². The zero-order valence-corrected chi connectivity index (χ0v) is 6.47. The van der Waals surface area contributed by atoms with Gasteiger partial charge in [0.05, 0.1) is 18.7 Å². The Morgan fingerprint density at radius 2 is 2.45 bits per heavy atom. The SMILES string of the molecule is O=C(O)Cc1csc(CO)n1. The molecule has 0 radical (unpaired) electrons. The highest BCUT2D eigenvalue weighted by molar-refractivity contribution is 7.09. The molecule has 4 nitrogen and oxygen atoms in total. The van der Waals surface area contributed by atoms with Crippen LogP contribution < -0.4 is 0 Å². The van der Waals surface area contributed by atoms with Gasteiger partial charge < -0.3 is 10.2 Å². The van der Waals surface area contributed by atoms with E-state index in [2.05, 4.69) is 4.98 Å². The molecular weight excluding hydrogens is 166 g/mol. The highest BCUT2D eigenvalue weighted by atomic mass is 32.1. The lowest BCUT2D eigenvalue weighted by molar-refractivity contribution is -0.136. The Morgan fingerprint density at radius 3 is 2.91 bits per heavy atom. The van der Waals surface area contributed by atoms with Crippen molar-refractivity contribution in [3.8, 4) is 0 Å². The van der Waals surface area contributed by atoms with E-state index in [4.69, 9.17) is 10.2 Å². The van der Waals surface area contributed by atoms with Crippen LogP contribution in [0.15, 0.2) is 5.38 Å². The summed E-state index contributed by atoms with van der Waals surface area (Å²) in [6.45, 7) is -0.121. The van der Waals surface area contributed by atoms with Crippen molar-refractivity contribution in [2.24, 2.45) is 0 Å². The maximum atomic E-state index is 10.2. The van der Waals surface area contributed by atoms with Gasteiger partial charge in [-0.2, -0.15) is 0 Å². The van der Waals surface area contributed by atoms with Gasteiger partial charge >= 0.3 is 5.97 Å². The third-order valence-corrected chi connectivity index (χ3v) is 1.95. The summed E-state index contributed by atoms with van der Waals surface area (Å²) >= 11 is 1.27. The molecule has 0 aromatic carbocycles. The maximum Gasteiger partial charge on any atom is 0.309 e. The van der Waals surface area contributed by atoms with Gasteiger partial charge in [0.2, 0.25) is 0 Å². The molecule has 5 heteroatoms. The van der Waals surface area contributed by atoms with Crippen LogP contribution in [0.4, 0.5) is 0 Å². The summed E-state index contributed by atoms with van der Waals surface area (Å²) in [5, 5.41) is 19.1. The van der Waals surface area contributed by atoms with Crippen LogP contribution in [-0.2, 0) is 17.8 Å². The standard InChI is InChI=1S/C6H7NO3S/c8-2-5-7-4(3-11-5)1-6(9)10/h3,8H,1-2H2,(H,9,10). The first-order valence-corrected chi connectivity index (χ1v) is 3.86. The van der Waals surface area contributed by atoms with Crippen LogP contribution in [0.3, 0.4) is 0 Å². The monoisotopic (exact) mass is 173 g/mol. The molecule has 11 heavy (non-hydrogen) atoms. The van der Waals surface area contributed by atoms with Crippen LogP contribution in [0.2, 0.25) is 0 Å². The van der Waals surface area contributed by atoms with Gasteiger partial charge in [-0.15, -0.1) is 11.3 Å². The van der Waals surface area contributed by atoms with Crippen LogP contribution in [-0.4, -0.2) is 21.2 Å². The first kappa shape index (κ1) is 8.16. The number of aliphatic hydroxyl groups is 1. The molecule has 0 atom stereocenters. The molecule has 0 aliphatic rings.